The lowest BCUT2D eigenvalue weighted by Gasteiger charge is -2.15. The van der Waals surface area contributed by atoms with Gasteiger partial charge in [-0.2, -0.15) is 0 Å². The quantitative estimate of drug-likeness (QED) is 0.483. The molecule has 0 saturated carbocycles. The lowest BCUT2D eigenvalue weighted by molar-refractivity contribution is 0.436. The minimum Gasteiger partial charge on any atom is -0.494 e. The molecule has 2 aromatic heterocycles. The fraction of sp³-hybridized carbons (Fsp3) is 0.0870. The molecule has 0 aliphatic carbocycles. The Kier molecular flexibility index (Phi) is 4.91. The zero-order valence-electron chi connectivity index (χ0n) is 15.9. The van der Waals surface area contributed by atoms with Crippen LogP contribution in [-0.4, -0.2) is 20.9 Å². The van der Waals surface area contributed by atoms with Crippen LogP contribution in [0, 0.1) is 13.8 Å². The maximum absolute atomic E-state index is 13.2. The molecule has 0 saturated heterocycles. The number of aromatic nitrogens is 2. The second-order valence-corrected chi connectivity index (χ2v) is 7.24. The van der Waals surface area contributed by atoms with Crippen molar-refractivity contribution in [2.45, 2.75) is 13.8 Å². The van der Waals surface area contributed by atoms with Gasteiger partial charge in [-0.3, -0.25) is 4.79 Å². The van der Waals surface area contributed by atoms with Crippen LogP contribution in [0.4, 0.5) is 5.82 Å². The average molecular weight is 404 g/mol. The number of pyridine rings is 2. The topological polar surface area (TPSA) is 67.5 Å². The van der Waals surface area contributed by atoms with E-state index in [0.29, 0.717) is 32.9 Å². The number of aromatic hydroxyl groups is 1. The minimum atomic E-state index is -0.285. The maximum atomic E-state index is 13.2. The van der Waals surface area contributed by atoms with Crippen molar-refractivity contribution in [3.05, 3.63) is 92.9 Å². The fourth-order valence-electron chi connectivity index (χ4n) is 3.34. The van der Waals surface area contributed by atoms with Crippen LogP contribution in [0.15, 0.2) is 70.6 Å². The van der Waals surface area contributed by atoms with Crippen molar-refractivity contribution in [1.29, 1.82) is 0 Å². The highest BCUT2D eigenvalue weighted by Gasteiger charge is 2.17. The highest BCUT2D eigenvalue weighted by molar-refractivity contribution is 6.30. The third kappa shape index (κ3) is 3.52. The molecule has 0 fully saturated rings. The molecule has 0 aliphatic heterocycles. The van der Waals surface area contributed by atoms with Gasteiger partial charge in [-0.15, -0.1) is 0 Å². The van der Waals surface area contributed by atoms with E-state index in [9.17, 15) is 9.90 Å². The monoisotopic (exact) mass is 403 g/mol. The molecule has 0 unspecified atom stereocenters. The molecule has 0 aliphatic rings. The first-order valence-electron chi connectivity index (χ1n) is 9.05. The Hall–Kier alpha value is -3.44. The standard InChI is InChI=1S/C23H18ClN3O2/c1-14-7-9-20(15(2)11-14)27-22(28)18-6-4-3-5-17(18)19(23(27)29)13-26-21-10-8-16(24)12-25-21/h3-13,29H,1-2H3. The summed E-state index contributed by atoms with van der Waals surface area (Å²) in [6.45, 7) is 3.89. The van der Waals surface area contributed by atoms with E-state index in [1.54, 1.807) is 30.3 Å². The Labute approximate surface area is 172 Å². The molecule has 5 nitrogen and oxygen atoms in total. The van der Waals surface area contributed by atoms with Gasteiger partial charge in [-0.25, -0.2) is 14.5 Å². The Balaban J connectivity index is 1.99. The second kappa shape index (κ2) is 7.53. The SMILES string of the molecule is Cc1ccc(-n2c(O)c(C=Nc3ccc(Cl)cn3)c3ccccc3c2=O)c(C)c1. The first kappa shape index (κ1) is 18.9. The molecular formula is C23H18ClN3O2. The van der Waals surface area contributed by atoms with E-state index in [-0.39, 0.29) is 11.4 Å². The van der Waals surface area contributed by atoms with Gasteiger partial charge in [-0.1, -0.05) is 47.5 Å². The molecule has 0 radical (unpaired) electrons. The van der Waals surface area contributed by atoms with E-state index in [1.807, 2.05) is 38.1 Å². The highest BCUT2D eigenvalue weighted by atomic mass is 35.5. The molecule has 1 N–H and O–H groups in total. The number of hydrogen-bond acceptors (Lipinski definition) is 4. The summed E-state index contributed by atoms with van der Waals surface area (Å²) < 4.78 is 1.33. The molecule has 0 bridgehead atoms. The predicted molar refractivity (Wildman–Crippen MR) is 117 cm³/mol. The van der Waals surface area contributed by atoms with Gasteiger partial charge < -0.3 is 5.11 Å². The third-order valence-electron chi connectivity index (χ3n) is 4.73. The van der Waals surface area contributed by atoms with Crippen LogP contribution in [0.2, 0.25) is 5.02 Å². The summed E-state index contributed by atoms with van der Waals surface area (Å²) in [4.78, 5) is 21.7. The molecule has 144 valence electrons. The van der Waals surface area contributed by atoms with Gasteiger partial charge >= 0.3 is 0 Å². The van der Waals surface area contributed by atoms with E-state index in [1.165, 1.54) is 17.0 Å². The van der Waals surface area contributed by atoms with Crippen LogP contribution in [0.5, 0.6) is 5.88 Å². The summed E-state index contributed by atoms with van der Waals surface area (Å²) >= 11 is 5.87. The van der Waals surface area contributed by atoms with Crippen molar-refractivity contribution in [1.82, 2.24) is 9.55 Å². The number of aryl methyl sites for hydroxylation is 2. The summed E-state index contributed by atoms with van der Waals surface area (Å²) in [5.74, 6) is 0.278. The number of benzene rings is 2. The highest BCUT2D eigenvalue weighted by Crippen LogP contribution is 2.28. The predicted octanol–water partition coefficient (Wildman–Crippen LogP) is 5.11. The van der Waals surface area contributed by atoms with Crippen molar-refractivity contribution < 1.29 is 5.11 Å². The number of aliphatic imine (C=N–C) groups is 1. The molecule has 4 rings (SSSR count). The number of hydrogen-bond donors (Lipinski definition) is 1. The maximum Gasteiger partial charge on any atom is 0.265 e. The average Bonchev–Trinajstić information content (AvgIpc) is 2.71. The Bertz CT molecular complexity index is 1310. The summed E-state index contributed by atoms with van der Waals surface area (Å²) in [5.41, 5.74) is 2.75. The molecule has 2 aromatic carbocycles. The summed E-state index contributed by atoms with van der Waals surface area (Å²) in [7, 11) is 0. The van der Waals surface area contributed by atoms with Crippen LogP contribution in [-0.2, 0) is 0 Å². The Morgan fingerprint density at radius 1 is 1.07 bits per heavy atom. The largest absolute Gasteiger partial charge is 0.494 e. The first-order chi connectivity index (χ1) is 14.0. The lowest BCUT2D eigenvalue weighted by atomic mass is 10.1. The van der Waals surface area contributed by atoms with Gasteiger partial charge in [0.1, 0.15) is 0 Å². The fourth-order valence-corrected chi connectivity index (χ4v) is 3.46. The molecule has 0 spiro atoms. The van der Waals surface area contributed by atoms with Crippen LogP contribution in [0.25, 0.3) is 16.5 Å². The smallest absolute Gasteiger partial charge is 0.265 e. The number of nitrogens with zero attached hydrogens (tertiary/aromatic N) is 3. The van der Waals surface area contributed by atoms with Crippen molar-refractivity contribution >= 4 is 34.4 Å². The number of fused-ring (bicyclic) bond motifs is 1. The van der Waals surface area contributed by atoms with Gasteiger partial charge in [0.2, 0.25) is 5.88 Å². The van der Waals surface area contributed by atoms with E-state index < -0.39 is 0 Å². The summed E-state index contributed by atoms with van der Waals surface area (Å²) in [6.07, 6.45) is 3.02. The van der Waals surface area contributed by atoms with Gasteiger partial charge in [0.15, 0.2) is 5.82 Å². The molecule has 4 aromatic rings. The summed E-state index contributed by atoms with van der Waals surface area (Å²) in [5, 5.41) is 12.7. The van der Waals surface area contributed by atoms with Crippen molar-refractivity contribution in [2.24, 2.45) is 4.99 Å². The summed E-state index contributed by atoms with van der Waals surface area (Å²) in [6, 6.07) is 16.2. The molecule has 29 heavy (non-hydrogen) atoms. The Morgan fingerprint density at radius 2 is 1.83 bits per heavy atom. The Morgan fingerprint density at radius 3 is 2.52 bits per heavy atom. The lowest BCUT2D eigenvalue weighted by Crippen LogP contribution is -2.21. The normalized spacial score (nSPS) is 11.4. The number of rotatable bonds is 3. The van der Waals surface area contributed by atoms with E-state index in [2.05, 4.69) is 9.98 Å². The van der Waals surface area contributed by atoms with E-state index in [0.717, 1.165) is 11.1 Å². The van der Waals surface area contributed by atoms with Gasteiger partial charge in [0.25, 0.3) is 5.56 Å². The second-order valence-electron chi connectivity index (χ2n) is 6.81. The molecule has 0 amide bonds. The third-order valence-corrected chi connectivity index (χ3v) is 4.96. The first-order valence-corrected chi connectivity index (χ1v) is 9.43. The van der Waals surface area contributed by atoms with Gasteiger partial charge in [0.05, 0.1) is 16.3 Å². The van der Waals surface area contributed by atoms with E-state index in [4.69, 9.17) is 11.6 Å². The molecular weight excluding hydrogens is 386 g/mol. The number of halogens is 1. The van der Waals surface area contributed by atoms with Gasteiger partial charge in [0, 0.05) is 23.2 Å². The van der Waals surface area contributed by atoms with Crippen molar-refractivity contribution in [2.75, 3.05) is 0 Å². The van der Waals surface area contributed by atoms with Gasteiger partial charge in [-0.05, 0) is 43.7 Å². The molecule has 0 atom stereocenters. The minimum absolute atomic E-state index is 0.168. The zero-order chi connectivity index (χ0) is 20.5. The van der Waals surface area contributed by atoms with E-state index >= 15 is 0 Å². The van der Waals surface area contributed by atoms with Crippen LogP contribution in [0.1, 0.15) is 16.7 Å². The van der Waals surface area contributed by atoms with Crippen molar-refractivity contribution in [3.8, 4) is 11.6 Å². The van der Waals surface area contributed by atoms with Crippen LogP contribution in [0.3, 0.4) is 0 Å². The molecule has 6 heteroatoms. The van der Waals surface area contributed by atoms with Crippen LogP contribution >= 0.6 is 11.6 Å². The van der Waals surface area contributed by atoms with Crippen molar-refractivity contribution in [3.63, 3.8) is 0 Å². The van der Waals surface area contributed by atoms with Crippen LogP contribution < -0.4 is 5.56 Å². The zero-order valence-corrected chi connectivity index (χ0v) is 16.7. The molecule has 2 heterocycles.